The number of hydrogen-bond donors (Lipinski definition) is 1. The SMILES string of the molecule is CCn1cncc1COc1ccc(CNCC(C)C)cc1. The molecule has 0 amide bonds. The van der Waals surface area contributed by atoms with Gasteiger partial charge in [0.25, 0.3) is 0 Å². The molecule has 4 heteroatoms. The fourth-order valence-electron chi connectivity index (χ4n) is 2.12. The first-order valence-electron chi connectivity index (χ1n) is 7.60. The lowest BCUT2D eigenvalue weighted by Gasteiger charge is -2.10. The molecule has 2 aromatic rings. The van der Waals surface area contributed by atoms with Crippen molar-refractivity contribution in [1.29, 1.82) is 0 Å². The Morgan fingerprint density at radius 3 is 2.67 bits per heavy atom. The summed E-state index contributed by atoms with van der Waals surface area (Å²) in [5.74, 6) is 1.57. The van der Waals surface area contributed by atoms with E-state index in [4.69, 9.17) is 4.74 Å². The van der Waals surface area contributed by atoms with Gasteiger partial charge in [-0.2, -0.15) is 0 Å². The van der Waals surface area contributed by atoms with Gasteiger partial charge < -0.3 is 14.6 Å². The first kappa shape index (κ1) is 15.6. The minimum atomic E-state index is 0.554. The van der Waals surface area contributed by atoms with Gasteiger partial charge in [0.05, 0.1) is 18.2 Å². The normalized spacial score (nSPS) is 11.0. The standard InChI is InChI=1S/C17H25N3O/c1-4-20-13-19-11-16(20)12-21-17-7-5-15(6-8-17)10-18-9-14(2)3/h5-8,11,13-14,18H,4,9-10,12H2,1-3H3. The fourth-order valence-corrected chi connectivity index (χ4v) is 2.12. The monoisotopic (exact) mass is 287 g/mol. The van der Waals surface area contributed by atoms with E-state index in [2.05, 4.69) is 47.8 Å². The summed E-state index contributed by atoms with van der Waals surface area (Å²) in [4.78, 5) is 4.14. The van der Waals surface area contributed by atoms with E-state index in [1.165, 1.54) is 5.56 Å². The lowest BCUT2D eigenvalue weighted by atomic mass is 10.2. The van der Waals surface area contributed by atoms with E-state index in [9.17, 15) is 0 Å². The maximum atomic E-state index is 5.81. The number of benzene rings is 1. The second kappa shape index (κ2) is 7.84. The van der Waals surface area contributed by atoms with Gasteiger partial charge in [-0.3, -0.25) is 0 Å². The smallest absolute Gasteiger partial charge is 0.130 e. The Balaban J connectivity index is 1.82. The molecule has 1 heterocycles. The van der Waals surface area contributed by atoms with Gasteiger partial charge >= 0.3 is 0 Å². The molecule has 4 nitrogen and oxygen atoms in total. The lowest BCUT2D eigenvalue weighted by Crippen LogP contribution is -2.18. The van der Waals surface area contributed by atoms with Crippen molar-refractivity contribution >= 4 is 0 Å². The van der Waals surface area contributed by atoms with Crippen LogP contribution in [0.15, 0.2) is 36.8 Å². The van der Waals surface area contributed by atoms with Gasteiger partial charge in [-0.05, 0) is 37.1 Å². The third-order valence-corrected chi connectivity index (χ3v) is 3.33. The summed E-state index contributed by atoms with van der Waals surface area (Å²) in [6.07, 6.45) is 3.69. The van der Waals surface area contributed by atoms with E-state index in [1.807, 2.05) is 24.7 Å². The molecule has 0 spiro atoms. The molecule has 0 saturated heterocycles. The second-order valence-corrected chi connectivity index (χ2v) is 5.63. The summed E-state index contributed by atoms with van der Waals surface area (Å²) in [5.41, 5.74) is 2.38. The molecule has 1 aromatic carbocycles. The first-order valence-corrected chi connectivity index (χ1v) is 7.60. The van der Waals surface area contributed by atoms with Crippen LogP contribution in [0.4, 0.5) is 0 Å². The highest BCUT2D eigenvalue weighted by molar-refractivity contribution is 5.27. The molecule has 0 fully saturated rings. The van der Waals surface area contributed by atoms with E-state index >= 15 is 0 Å². The average Bonchev–Trinajstić information content (AvgIpc) is 2.93. The molecule has 2 rings (SSSR count). The average molecular weight is 287 g/mol. The van der Waals surface area contributed by atoms with Crippen molar-refractivity contribution in [3.05, 3.63) is 48.0 Å². The van der Waals surface area contributed by atoms with E-state index in [0.717, 1.165) is 31.1 Å². The number of aromatic nitrogens is 2. The molecule has 0 aliphatic rings. The van der Waals surface area contributed by atoms with Crippen molar-refractivity contribution in [2.24, 2.45) is 5.92 Å². The van der Waals surface area contributed by atoms with Crippen LogP contribution in [0.1, 0.15) is 32.0 Å². The molecule has 1 N–H and O–H groups in total. The number of nitrogens with zero attached hydrogens (tertiary/aromatic N) is 2. The van der Waals surface area contributed by atoms with Crippen molar-refractivity contribution in [1.82, 2.24) is 14.9 Å². The van der Waals surface area contributed by atoms with Crippen molar-refractivity contribution in [2.75, 3.05) is 6.54 Å². The van der Waals surface area contributed by atoms with Crippen molar-refractivity contribution in [3.8, 4) is 5.75 Å². The number of hydrogen-bond acceptors (Lipinski definition) is 3. The predicted octanol–water partition coefficient (Wildman–Crippen LogP) is 3.23. The van der Waals surface area contributed by atoms with Crippen LogP contribution in [0.3, 0.4) is 0 Å². The van der Waals surface area contributed by atoms with Crippen LogP contribution in [0.25, 0.3) is 0 Å². The molecule has 114 valence electrons. The van der Waals surface area contributed by atoms with Gasteiger partial charge in [0.2, 0.25) is 0 Å². The van der Waals surface area contributed by atoms with Crippen LogP contribution in [-0.2, 0) is 19.7 Å². The van der Waals surface area contributed by atoms with Crippen LogP contribution in [0, 0.1) is 5.92 Å². The van der Waals surface area contributed by atoms with E-state index in [1.54, 1.807) is 0 Å². The summed E-state index contributed by atoms with van der Waals surface area (Å²) in [6, 6.07) is 8.28. The number of aryl methyl sites for hydroxylation is 1. The van der Waals surface area contributed by atoms with Crippen LogP contribution < -0.4 is 10.1 Å². The minimum Gasteiger partial charge on any atom is -0.487 e. The number of rotatable bonds is 8. The largest absolute Gasteiger partial charge is 0.487 e. The van der Waals surface area contributed by atoms with Gasteiger partial charge in [0.15, 0.2) is 0 Å². The Bertz CT molecular complexity index is 531. The Morgan fingerprint density at radius 1 is 1.24 bits per heavy atom. The summed E-state index contributed by atoms with van der Waals surface area (Å²) in [6.45, 7) is 9.94. The van der Waals surface area contributed by atoms with Gasteiger partial charge in [-0.1, -0.05) is 26.0 Å². The van der Waals surface area contributed by atoms with Crippen LogP contribution in [0.5, 0.6) is 5.75 Å². The topological polar surface area (TPSA) is 39.1 Å². The molecule has 0 aliphatic heterocycles. The number of ether oxygens (including phenoxy) is 1. The zero-order chi connectivity index (χ0) is 15.1. The molecular formula is C17H25N3O. The van der Waals surface area contributed by atoms with Gasteiger partial charge in [-0.15, -0.1) is 0 Å². The van der Waals surface area contributed by atoms with Crippen LogP contribution in [-0.4, -0.2) is 16.1 Å². The van der Waals surface area contributed by atoms with Crippen molar-refractivity contribution < 1.29 is 4.74 Å². The summed E-state index contributed by atoms with van der Waals surface area (Å²) < 4.78 is 7.90. The summed E-state index contributed by atoms with van der Waals surface area (Å²) >= 11 is 0. The molecule has 1 aromatic heterocycles. The maximum absolute atomic E-state index is 5.81. The molecule has 0 radical (unpaired) electrons. The highest BCUT2D eigenvalue weighted by Gasteiger charge is 2.02. The predicted molar refractivity (Wildman–Crippen MR) is 85.2 cm³/mol. The fraction of sp³-hybridized carbons (Fsp3) is 0.471. The second-order valence-electron chi connectivity index (χ2n) is 5.63. The maximum Gasteiger partial charge on any atom is 0.130 e. The Hall–Kier alpha value is -1.81. The lowest BCUT2D eigenvalue weighted by molar-refractivity contribution is 0.295. The minimum absolute atomic E-state index is 0.554. The van der Waals surface area contributed by atoms with Crippen molar-refractivity contribution in [3.63, 3.8) is 0 Å². The van der Waals surface area contributed by atoms with E-state index in [0.29, 0.717) is 12.5 Å². The van der Waals surface area contributed by atoms with Gasteiger partial charge in [0.1, 0.15) is 12.4 Å². The van der Waals surface area contributed by atoms with Gasteiger partial charge in [0, 0.05) is 13.1 Å². The summed E-state index contributed by atoms with van der Waals surface area (Å²) in [7, 11) is 0. The highest BCUT2D eigenvalue weighted by Crippen LogP contribution is 2.14. The number of imidazole rings is 1. The Kier molecular flexibility index (Phi) is 5.81. The number of nitrogens with one attached hydrogen (secondary N) is 1. The summed E-state index contributed by atoms with van der Waals surface area (Å²) in [5, 5.41) is 3.44. The molecule has 21 heavy (non-hydrogen) atoms. The zero-order valence-electron chi connectivity index (χ0n) is 13.2. The van der Waals surface area contributed by atoms with E-state index < -0.39 is 0 Å². The molecule has 0 atom stereocenters. The molecule has 0 aliphatic carbocycles. The highest BCUT2D eigenvalue weighted by atomic mass is 16.5. The molecule has 0 unspecified atom stereocenters. The quantitative estimate of drug-likeness (QED) is 0.810. The van der Waals surface area contributed by atoms with Gasteiger partial charge in [-0.25, -0.2) is 4.98 Å². The van der Waals surface area contributed by atoms with Crippen LogP contribution >= 0.6 is 0 Å². The zero-order valence-corrected chi connectivity index (χ0v) is 13.2. The van der Waals surface area contributed by atoms with Crippen molar-refractivity contribution in [2.45, 2.75) is 40.5 Å². The molecule has 0 saturated carbocycles. The first-order chi connectivity index (χ1) is 10.2. The third kappa shape index (κ3) is 4.90. The Labute approximate surface area is 127 Å². The molecular weight excluding hydrogens is 262 g/mol. The van der Waals surface area contributed by atoms with Crippen LogP contribution in [0.2, 0.25) is 0 Å². The molecule has 0 bridgehead atoms. The third-order valence-electron chi connectivity index (χ3n) is 3.33. The van der Waals surface area contributed by atoms with E-state index in [-0.39, 0.29) is 0 Å². The Morgan fingerprint density at radius 2 is 2.00 bits per heavy atom.